The third kappa shape index (κ3) is 6.60. The molecule has 0 aliphatic heterocycles. The highest BCUT2D eigenvalue weighted by Crippen LogP contribution is 2.33. The van der Waals surface area contributed by atoms with E-state index in [0.717, 1.165) is 19.4 Å². The van der Waals surface area contributed by atoms with E-state index in [1.165, 1.54) is 24.8 Å². The standard InChI is InChI=1S/C19H32FN/c1-6-8-13-19(7-2,15-21-18(3,4)5)14-16-9-11-17(20)12-10-16/h9-12,21H,6-8,13-15H2,1-5H3. The Kier molecular flexibility index (Phi) is 6.86. The van der Waals surface area contributed by atoms with Crippen LogP contribution in [-0.2, 0) is 6.42 Å². The summed E-state index contributed by atoms with van der Waals surface area (Å²) < 4.78 is 13.1. The number of nitrogens with one attached hydrogen (secondary N) is 1. The Hall–Kier alpha value is -0.890. The Labute approximate surface area is 130 Å². The van der Waals surface area contributed by atoms with Gasteiger partial charge >= 0.3 is 0 Å². The summed E-state index contributed by atoms with van der Waals surface area (Å²) in [4.78, 5) is 0. The van der Waals surface area contributed by atoms with Gasteiger partial charge in [0.2, 0.25) is 0 Å². The van der Waals surface area contributed by atoms with Crippen LogP contribution in [0.5, 0.6) is 0 Å². The second kappa shape index (κ2) is 7.93. The molecule has 2 heteroatoms. The molecule has 0 spiro atoms. The SMILES string of the molecule is CCCCC(CC)(CNC(C)(C)C)Cc1ccc(F)cc1. The highest BCUT2D eigenvalue weighted by Gasteiger charge is 2.29. The molecule has 120 valence electrons. The van der Waals surface area contributed by atoms with Crippen LogP contribution in [0.4, 0.5) is 4.39 Å². The Morgan fingerprint density at radius 1 is 1.05 bits per heavy atom. The highest BCUT2D eigenvalue weighted by atomic mass is 19.1. The van der Waals surface area contributed by atoms with E-state index in [1.807, 2.05) is 12.1 Å². The van der Waals surface area contributed by atoms with Crippen molar-refractivity contribution in [2.75, 3.05) is 6.54 Å². The lowest BCUT2D eigenvalue weighted by molar-refractivity contribution is 0.206. The summed E-state index contributed by atoms with van der Waals surface area (Å²) in [6, 6.07) is 7.02. The molecule has 0 fully saturated rings. The van der Waals surface area contributed by atoms with Crippen LogP contribution < -0.4 is 5.32 Å². The average molecular weight is 293 g/mol. The van der Waals surface area contributed by atoms with Crippen molar-refractivity contribution >= 4 is 0 Å². The number of hydrogen-bond acceptors (Lipinski definition) is 1. The van der Waals surface area contributed by atoms with Gasteiger partial charge in [0.25, 0.3) is 0 Å². The van der Waals surface area contributed by atoms with Crippen molar-refractivity contribution in [2.24, 2.45) is 5.41 Å². The van der Waals surface area contributed by atoms with Crippen molar-refractivity contribution in [1.29, 1.82) is 0 Å². The first-order valence-electron chi connectivity index (χ1n) is 8.30. The van der Waals surface area contributed by atoms with Gasteiger partial charge in [-0.25, -0.2) is 4.39 Å². The Morgan fingerprint density at radius 2 is 1.67 bits per heavy atom. The van der Waals surface area contributed by atoms with Crippen LogP contribution in [0, 0.1) is 11.2 Å². The van der Waals surface area contributed by atoms with Gasteiger partial charge in [0, 0.05) is 12.1 Å². The number of benzene rings is 1. The van der Waals surface area contributed by atoms with Gasteiger partial charge in [-0.2, -0.15) is 0 Å². The molecule has 0 saturated heterocycles. The van der Waals surface area contributed by atoms with Crippen molar-refractivity contribution in [3.63, 3.8) is 0 Å². The van der Waals surface area contributed by atoms with E-state index in [2.05, 4.69) is 39.9 Å². The van der Waals surface area contributed by atoms with Crippen LogP contribution in [0.25, 0.3) is 0 Å². The molecule has 1 rings (SSSR count). The zero-order valence-electron chi connectivity index (χ0n) is 14.4. The Morgan fingerprint density at radius 3 is 2.14 bits per heavy atom. The molecule has 0 aromatic heterocycles. The molecule has 1 aromatic carbocycles. The molecule has 0 radical (unpaired) electrons. The lowest BCUT2D eigenvalue weighted by Gasteiger charge is -2.36. The number of rotatable bonds is 8. The van der Waals surface area contributed by atoms with Gasteiger partial charge in [-0.15, -0.1) is 0 Å². The van der Waals surface area contributed by atoms with E-state index in [4.69, 9.17) is 0 Å². The molecule has 0 aliphatic carbocycles. The molecule has 0 bridgehead atoms. The summed E-state index contributed by atoms with van der Waals surface area (Å²) in [6.45, 7) is 12.2. The van der Waals surface area contributed by atoms with Gasteiger partial charge in [0.05, 0.1) is 0 Å². The summed E-state index contributed by atoms with van der Waals surface area (Å²) in [5.41, 5.74) is 1.64. The van der Waals surface area contributed by atoms with Gasteiger partial charge in [-0.1, -0.05) is 38.8 Å². The summed E-state index contributed by atoms with van der Waals surface area (Å²) in [6.07, 6.45) is 5.86. The molecule has 1 atom stereocenters. The topological polar surface area (TPSA) is 12.0 Å². The zero-order valence-corrected chi connectivity index (χ0v) is 14.4. The first kappa shape index (κ1) is 18.2. The normalized spacial score (nSPS) is 15.0. The smallest absolute Gasteiger partial charge is 0.123 e. The maximum absolute atomic E-state index is 13.1. The fraction of sp³-hybridized carbons (Fsp3) is 0.684. The maximum Gasteiger partial charge on any atom is 0.123 e. The monoisotopic (exact) mass is 293 g/mol. The fourth-order valence-corrected chi connectivity index (χ4v) is 2.71. The van der Waals surface area contributed by atoms with Gasteiger partial charge in [-0.3, -0.25) is 0 Å². The van der Waals surface area contributed by atoms with Gasteiger partial charge in [0.1, 0.15) is 5.82 Å². The molecule has 1 unspecified atom stereocenters. The molecule has 0 aliphatic rings. The molecule has 1 nitrogen and oxygen atoms in total. The molecule has 1 aromatic rings. The van der Waals surface area contributed by atoms with Crippen molar-refractivity contribution in [1.82, 2.24) is 5.32 Å². The summed E-state index contributed by atoms with van der Waals surface area (Å²) in [7, 11) is 0. The van der Waals surface area contributed by atoms with Crippen molar-refractivity contribution in [2.45, 2.75) is 72.3 Å². The minimum absolute atomic E-state index is 0.134. The van der Waals surface area contributed by atoms with Gasteiger partial charge in [-0.05, 0) is 63.1 Å². The van der Waals surface area contributed by atoms with E-state index < -0.39 is 0 Å². The lowest BCUT2D eigenvalue weighted by Crippen LogP contribution is -2.44. The predicted octanol–water partition coefficient (Wildman–Crippen LogP) is 5.34. The van der Waals surface area contributed by atoms with Crippen LogP contribution in [0.3, 0.4) is 0 Å². The van der Waals surface area contributed by atoms with E-state index in [-0.39, 0.29) is 16.8 Å². The molecular weight excluding hydrogens is 261 g/mol. The van der Waals surface area contributed by atoms with Crippen molar-refractivity contribution in [3.8, 4) is 0 Å². The fourth-order valence-electron chi connectivity index (χ4n) is 2.71. The van der Waals surface area contributed by atoms with Gasteiger partial charge in [0.15, 0.2) is 0 Å². The van der Waals surface area contributed by atoms with Crippen molar-refractivity contribution < 1.29 is 4.39 Å². The second-order valence-corrected chi connectivity index (χ2v) is 7.36. The average Bonchev–Trinajstić information content (AvgIpc) is 2.43. The van der Waals surface area contributed by atoms with E-state index >= 15 is 0 Å². The van der Waals surface area contributed by atoms with Crippen LogP contribution in [0.1, 0.15) is 65.9 Å². The van der Waals surface area contributed by atoms with E-state index in [1.54, 1.807) is 12.1 Å². The van der Waals surface area contributed by atoms with Gasteiger partial charge < -0.3 is 5.32 Å². The highest BCUT2D eigenvalue weighted by molar-refractivity contribution is 5.18. The molecule has 0 amide bonds. The molecule has 0 heterocycles. The number of halogens is 1. The third-order valence-corrected chi connectivity index (χ3v) is 4.30. The van der Waals surface area contributed by atoms with Crippen LogP contribution >= 0.6 is 0 Å². The number of unbranched alkanes of at least 4 members (excludes halogenated alkanes) is 1. The lowest BCUT2D eigenvalue weighted by atomic mass is 9.74. The predicted molar refractivity (Wildman–Crippen MR) is 90.1 cm³/mol. The summed E-state index contributed by atoms with van der Waals surface area (Å²) in [5.74, 6) is -0.151. The molecule has 0 saturated carbocycles. The largest absolute Gasteiger partial charge is 0.312 e. The molecule has 21 heavy (non-hydrogen) atoms. The Bertz CT molecular complexity index is 405. The van der Waals surface area contributed by atoms with E-state index in [9.17, 15) is 4.39 Å². The van der Waals surface area contributed by atoms with E-state index in [0.29, 0.717) is 0 Å². The zero-order chi connectivity index (χ0) is 15.9. The van der Waals surface area contributed by atoms with Crippen molar-refractivity contribution in [3.05, 3.63) is 35.6 Å². The summed E-state index contributed by atoms with van der Waals surface area (Å²) in [5, 5.41) is 3.68. The number of hydrogen-bond donors (Lipinski definition) is 1. The van der Waals surface area contributed by atoms with Crippen LogP contribution in [0.2, 0.25) is 0 Å². The Balaban J connectivity index is 2.85. The van der Waals surface area contributed by atoms with Crippen LogP contribution in [0.15, 0.2) is 24.3 Å². The minimum Gasteiger partial charge on any atom is -0.312 e. The quantitative estimate of drug-likeness (QED) is 0.682. The summed E-state index contributed by atoms with van der Waals surface area (Å²) >= 11 is 0. The second-order valence-electron chi connectivity index (χ2n) is 7.36. The first-order valence-corrected chi connectivity index (χ1v) is 8.30. The first-order chi connectivity index (χ1) is 9.80. The molecular formula is C19H32FN. The molecule has 1 N–H and O–H groups in total. The minimum atomic E-state index is -0.151. The van der Waals surface area contributed by atoms with Crippen LogP contribution in [-0.4, -0.2) is 12.1 Å². The third-order valence-electron chi connectivity index (χ3n) is 4.30. The maximum atomic E-state index is 13.1.